The van der Waals surface area contributed by atoms with Crippen LogP contribution in [0.4, 0.5) is 17.1 Å². The van der Waals surface area contributed by atoms with Crippen molar-refractivity contribution in [3.8, 4) is 11.5 Å². The van der Waals surface area contributed by atoms with Gasteiger partial charge in [-0.15, -0.1) is 0 Å². The molecule has 3 aromatic carbocycles. The average Bonchev–Trinajstić information content (AvgIpc) is 2.95. The molecule has 4 aromatic rings. The van der Waals surface area contributed by atoms with Crippen LogP contribution in [-0.4, -0.2) is 32.7 Å². The number of amides is 1. The molecule has 0 saturated carbocycles. The van der Waals surface area contributed by atoms with E-state index in [2.05, 4.69) is 16.3 Å². The maximum absolute atomic E-state index is 13.7. The van der Waals surface area contributed by atoms with E-state index in [1.165, 1.54) is 16.8 Å². The van der Waals surface area contributed by atoms with Crippen LogP contribution < -0.4 is 25.2 Å². The number of carbonyl (C=O) groups excluding carboxylic acids is 1. The number of anilines is 2. The number of carbonyl (C=O) groups is 1. The SMILES string of the molecule is CCOc1ccc(N=c2oc3c4c5c(cc3cc2C(=O)Nc2ccccc2OC)CCCN5CCC4)cc1. The molecule has 38 heavy (non-hydrogen) atoms. The van der Waals surface area contributed by atoms with Gasteiger partial charge in [-0.3, -0.25) is 4.79 Å². The van der Waals surface area contributed by atoms with E-state index < -0.39 is 0 Å². The van der Waals surface area contributed by atoms with Crippen molar-refractivity contribution in [3.63, 3.8) is 0 Å². The van der Waals surface area contributed by atoms with Crippen LogP contribution in [-0.2, 0) is 12.8 Å². The molecule has 7 nitrogen and oxygen atoms in total. The monoisotopic (exact) mass is 509 g/mol. The molecule has 2 aliphatic rings. The van der Waals surface area contributed by atoms with Crippen LogP contribution in [0.15, 0.2) is 70.1 Å². The molecule has 1 aromatic heterocycles. The van der Waals surface area contributed by atoms with Crippen molar-refractivity contribution in [1.82, 2.24) is 0 Å². The van der Waals surface area contributed by atoms with Gasteiger partial charge in [0.25, 0.3) is 5.91 Å². The van der Waals surface area contributed by atoms with Crippen molar-refractivity contribution in [3.05, 3.63) is 82.9 Å². The number of methoxy groups -OCH3 is 1. The molecule has 0 fully saturated rings. The Kier molecular flexibility index (Phi) is 6.50. The molecular weight excluding hydrogens is 478 g/mol. The Morgan fingerprint density at radius 2 is 1.84 bits per heavy atom. The topological polar surface area (TPSA) is 76.3 Å². The third-order valence-corrected chi connectivity index (χ3v) is 7.21. The highest BCUT2D eigenvalue weighted by Gasteiger charge is 2.27. The first-order valence-electron chi connectivity index (χ1n) is 13.2. The Labute approximate surface area is 221 Å². The summed E-state index contributed by atoms with van der Waals surface area (Å²) in [5.41, 5.74) is 6.60. The summed E-state index contributed by atoms with van der Waals surface area (Å²) in [6.07, 6.45) is 4.22. The van der Waals surface area contributed by atoms with Crippen LogP contribution in [0.2, 0.25) is 0 Å². The summed E-state index contributed by atoms with van der Waals surface area (Å²) in [4.78, 5) is 20.9. The molecule has 0 aliphatic carbocycles. The first kappa shape index (κ1) is 24.1. The minimum Gasteiger partial charge on any atom is -0.495 e. The predicted molar refractivity (Wildman–Crippen MR) is 149 cm³/mol. The summed E-state index contributed by atoms with van der Waals surface area (Å²) in [6, 6.07) is 18.9. The molecule has 0 unspecified atom stereocenters. The van der Waals surface area contributed by atoms with Gasteiger partial charge in [0.15, 0.2) is 0 Å². The number of ether oxygens (including phenoxy) is 2. The van der Waals surface area contributed by atoms with Crippen molar-refractivity contribution in [2.45, 2.75) is 32.6 Å². The van der Waals surface area contributed by atoms with Gasteiger partial charge in [-0.2, -0.15) is 0 Å². The summed E-state index contributed by atoms with van der Waals surface area (Å²) < 4.78 is 17.6. The van der Waals surface area contributed by atoms with Gasteiger partial charge in [0, 0.05) is 29.7 Å². The minimum atomic E-state index is -0.308. The molecule has 0 bridgehead atoms. The van der Waals surface area contributed by atoms with Crippen molar-refractivity contribution >= 4 is 33.9 Å². The molecule has 0 atom stereocenters. The van der Waals surface area contributed by atoms with Gasteiger partial charge in [0.05, 0.1) is 25.1 Å². The Bertz CT molecular complexity index is 1570. The van der Waals surface area contributed by atoms with Gasteiger partial charge in [-0.25, -0.2) is 4.99 Å². The van der Waals surface area contributed by atoms with Crippen molar-refractivity contribution in [2.24, 2.45) is 4.99 Å². The molecule has 0 saturated heterocycles. The minimum absolute atomic E-state index is 0.276. The van der Waals surface area contributed by atoms with Crippen LogP contribution in [0.5, 0.6) is 11.5 Å². The van der Waals surface area contributed by atoms with Gasteiger partial charge in [-0.05, 0) is 86.7 Å². The molecule has 0 radical (unpaired) electrons. The number of nitrogens with zero attached hydrogens (tertiary/aromatic N) is 2. The lowest BCUT2D eigenvalue weighted by Crippen LogP contribution is -2.34. The molecule has 2 aliphatic heterocycles. The quantitative estimate of drug-likeness (QED) is 0.344. The molecule has 1 N–H and O–H groups in total. The van der Waals surface area contributed by atoms with E-state index in [-0.39, 0.29) is 11.5 Å². The normalized spacial score (nSPS) is 14.8. The summed E-state index contributed by atoms with van der Waals surface area (Å²) >= 11 is 0. The molecule has 3 heterocycles. The second-order valence-electron chi connectivity index (χ2n) is 9.63. The predicted octanol–water partition coefficient (Wildman–Crippen LogP) is 6.02. The maximum Gasteiger partial charge on any atom is 0.261 e. The lowest BCUT2D eigenvalue weighted by molar-refractivity contribution is 0.102. The number of hydrogen-bond donors (Lipinski definition) is 1. The number of nitrogens with one attached hydrogen (secondary N) is 1. The fourth-order valence-corrected chi connectivity index (χ4v) is 5.54. The number of para-hydroxylation sites is 2. The van der Waals surface area contributed by atoms with Gasteiger partial charge in [-0.1, -0.05) is 12.1 Å². The summed E-state index contributed by atoms with van der Waals surface area (Å²) in [7, 11) is 1.58. The third kappa shape index (κ3) is 4.49. The van der Waals surface area contributed by atoms with E-state index in [4.69, 9.17) is 18.9 Å². The number of hydrogen-bond acceptors (Lipinski definition) is 6. The first-order chi connectivity index (χ1) is 18.6. The Morgan fingerprint density at radius 1 is 1.05 bits per heavy atom. The van der Waals surface area contributed by atoms with Crippen LogP contribution in [0.1, 0.15) is 41.3 Å². The molecule has 0 spiro atoms. The zero-order chi connectivity index (χ0) is 26.1. The zero-order valence-corrected chi connectivity index (χ0v) is 21.8. The second-order valence-corrected chi connectivity index (χ2v) is 9.63. The Balaban J connectivity index is 1.52. The van der Waals surface area contributed by atoms with Crippen LogP contribution in [0.25, 0.3) is 11.0 Å². The van der Waals surface area contributed by atoms with Crippen LogP contribution >= 0.6 is 0 Å². The third-order valence-electron chi connectivity index (χ3n) is 7.21. The number of rotatable bonds is 6. The highest BCUT2D eigenvalue weighted by molar-refractivity contribution is 6.06. The smallest absolute Gasteiger partial charge is 0.261 e. The number of aryl methyl sites for hydroxylation is 2. The van der Waals surface area contributed by atoms with Crippen LogP contribution in [0.3, 0.4) is 0 Å². The van der Waals surface area contributed by atoms with Crippen molar-refractivity contribution in [1.29, 1.82) is 0 Å². The molecular formula is C31H31N3O4. The second kappa shape index (κ2) is 10.2. The molecule has 7 heteroatoms. The van der Waals surface area contributed by atoms with E-state index in [1.807, 2.05) is 61.5 Å². The zero-order valence-electron chi connectivity index (χ0n) is 21.8. The lowest BCUT2D eigenvalue weighted by atomic mass is 9.90. The van der Waals surface area contributed by atoms with Gasteiger partial charge in [0.2, 0.25) is 5.55 Å². The average molecular weight is 510 g/mol. The molecule has 194 valence electrons. The summed E-state index contributed by atoms with van der Waals surface area (Å²) in [6.45, 7) is 4.70. The summed E-state index contributed by atoms with van der Waals surface area (Å²) in [5, 5.41) is 3.92. The van der Waals surface area contributed by atoms with E-state index in [1.54, 1.807) is 7.11 Å². The standard InChI is InChI=1S/C31H31N3O4/c1-3-37-23-14-12-22(13-15-23)32-31-25(30(35)33-26-10-4-5-11-27(26)36-2)19-21-18-20-8-6-16-34-17-7-9-24(28(20)34)29(21)38-31/h4-5,10-15,18-19H,3,6-9,16-17H2,1-2H3,(H,33,35). The largest absolute Gasteiger partial charge is 0.495 e. The Morgan fingerprint density at radius 3 is 2.63 bits per heavy atom. The van der Waals surface area contributed by atoms with Gasteiger partial charge >= 0.3 is 0 Å². The summed E-state index contributed by atoms with van der Waals surface area (Å²) in [5.74, 6) is 1.05. The Hall–Kier alpha value is -4.26. The van der Waals surface area contributed by atoms with E-state index >= 15 is 0 Å². The van der Waals surface area contributed by atoms with E-state index in [9.17, 15) is 4.79 Å². The van der Waals surface area contributed by atoms with E-state index in [0.717, 1.165) is 55.5 Å². The lowest BCUT2D eigenvalue weighted by Gasteiger charge is -2.37. The highest BCUT2D eigenvalue weighted by Crippen LogP contribution is 2.40. The van der Waals surface area contributed by atoms with Crippen molar-refractivity contribution < 1.29 is 18.7 Å². The van der Waals surface area contributed by atoms with Gasteiger partial charge in [0.1, 0.15) is 22.6 Å². The number of fused-ring (bicyclic) bond motifs is 2. The van der Waals surface area contributed by atoms with Crippen LogP contribution in [0, 0.1) is 0 Å². The van der Waals surface area contributed by atoms with Crippen molar-refractivity contribution in [2.75, 3.05) is 37.0 Å². The number of benzene rings is 3. The molecule has 1 amide bonds. The fourth-order valence-electron chi connectivity index (χ4n) is 5.54. The highest BCUT2D eigenvalue weighted by atomic mass is 16.5. The van der Waals surface area contributed by atoms with E-state index in [0.29, 0.717) is 29.3 Å². The molecule has 6 rings (SSSR count). The van der Waals surface area contributed by atoms with Gasteiger partial charge < -0.3 is 24.1 Å². The maximum atomic E-state index is 13.7. The fraction of sp³-hybridized carbons (Fsp3) is 0.290. The first-order valence-corrected chi connectivity index (χ1v) is 13.2.